The highest BCUT2D eigenvalue weighted by Crippen LogP contribution is 2.44. The Kier molecular flexibility index (Phi) is 10.0. The van der Waals surface area contributed by atoms with E-state index in [-0.39, 0.29) is 0 Å². The van der Waals surface area contributed by atoms with Crippen molar-refractivity contribution >= 4 is 21.8 Å². The maximum Gasteiger partial charge on any atom is 0.164 e. The van der Waals surface area contributed by atoms with Crippen molar-refractivity contribution in [3.63, 3.8) is 0 Å². The van der Waals surface area contributed by atoms with E-state index in [1.807, 2.05) is 133 Å². The zero-order valence-electron chi connectivity index (χ0n) is 36.1. The zero-order chi connectivity index (χ0) is 44.5. The molecule has 0 aliphatic carbocycles. The summed E-state index contributed by atoms with van der Waals surface area (Å²) >= 11 is 0. The summed E-state index contributed by atoms with van der Waals surface area (Å²) in [6, 6.07) is 81.2. The van der Waals surface area contributed by atoms with E-state index in [1.165, 1.54) is 0 Å². The molecule has 0 saturated carbocycles. The number of rotatable bonds is 9. The summed E-state index contributed by atoms with van der Waals surface area (Å²) in [7, 11) is 0. The monoisotopic (exact) mass is 857 g/mol. The van der Waals surface area contributed by atoms with Crippen molar-refractivity contribution in [1.82, 2.24) is 34.5 Å². The molecule has 0 unspecified atom stereocenters. The second-order valence-electron chi connectivity index (χ2n) is 16.3. The van der Waals surface area contributed by atoms with Gasteiger partial charge in [0.2, 0.25) is 0 Å². The van der Waals surface area contributed by atoms with Crippen LogP contribution < -0.4 is 0 Å². The molecule has 0 saturated heterocycles. The van der Waals surface area contributed by atoms with Gasteiger partial charge >= 0.3 is 0 Å². The van der Waals surface area contributed by atoms with E-state index in [9.17, 15) is 0 Å². The molecule has 3 heterocycles. The number of fused-ring (bicyclic) bond motifs is 3. The van der Waals surface area contributed by atoms with Gasteiger partial charge in [-0.05, 0) is 58.7 Å². The average Bonchev–Trinajstić information content (AvgIpc) is 3.73. The summed E-state index contributed by atoms with van der Waals surface area (Å²) in [6.07, 6.45) is 0. The van der Waals surface area contributed by atoms with Crippen LogP contribution in [0.25, 0.3) is 118 Å². The maximum atomic E-state index is 5.28. The number of aromatic nitrogens is 7. The number of hydrogen-bond acceptors (Lipinski definition) is 6. The Labute approximate surface area is 387 Å². The van der Waals surface area contributed by atoms with Crippen LogP contribution in [0.3, 0.4) is 0 Å². The minimum Gasteiger partial charge on any atom is -0.309 e. The Hall–Kier alpha value is -9.20. The molecule has 12 aromatic rings. The fraction of sp³-hybridized carbons (Fsp3) is 0. The first-order valence-electron chi connectivity index (χ1n) is 22.3. The molecule has 0 aliphatic rings. The van der Waals surface area contributed by atoms with Crippen molar-refractivity contribution in [1.29, 1.82) is 0 Å². The third-order valence-electron chi connectivity index (χ3n) is 12.1. The summed E-state index contributed by atoms with van der Waals surface area (Å²) in [5.41, 5.74) is 12.6. The first kappa shape index (κ1) is 39.4. The second kappa shape index (κ2) is 17.1. The highest BCUT2D eigenvalue weighted by molar-refractivity contribution is 6.15. The fourth-order valence-corrected chi connectivity index (χ4v) is 8.90. The Bertz CT molecular complexity index is 3350. The van der Waals surface area contributed by atoms with Crippen LogP contribution in [0.1, 0.15) is 0 Å². The Morgan fingerprint density at radius 2 is 0.478 bits per heavy atom. The minimum absolute atomic E-state index is 0.577. The van der Waals surface area contributed by atoms with E-state index in [1.54, 1.807) is 0 Å². The minimum atomic E-state index is 0.577. The maximum absolute atomic E-state index is 5.28. The van der Waals surface area contributed by atoms with Gasteiger partial charge in [-0.1, -0.05) is 200 Å². The van der Waals surface area contributed by atoms with Crippen molar-refractivity contribution in [2.24, 2.45) is 0 Å². The SMILES string of the molecule is c1ccc(-c2nc(-c3ccccc3)nc(-c3cc4c5cc(-c6nc(-c7ccccc7)nc(-c7ccccc7)n6)c(-c6ccccc6)cc5n(-c5ccccc5)c4cc3-c3ccccc3)n2)cc1. The van der Waals surface area contributed by atoms with Gasteiger partial charge in [0, 0.05) is 49.8 Å². The molecule has 0 fully saturated rings. The quantitative estimate of drug-likeness (QED) is 0.144. The molecule has 67 heavy (non-hydrogen) atoms. The van der Waals surface area contributed by atoms with E-state index in [4.69, 9.17) is 29.9 Å². The molecule has 0 N–H and O–H groups in total. The predicted octanol–water partition coefficient (Wildman–Crippen LogP) is 14.5. The lowest BCUT2D eigenvalue weighted by Gasteiger charge is -2.14. The summed E-state index contributed by atoms with van der Waals surface area (Å²) in [6.45, 7) is 0. The zero-order valence-corrected chi connectivity index (χ0v) is 36.1. The largest absolute Gasteiger partial charge is 0.309 e. The summed E-state index contributed by atoms with van der Waals surface area (Å²) in [5, 5.41) is 2.05. The third-order valence-corrected chi connectivity index (χ3v) is 12.1. The third kappa shape index (κ3) is 7.50. The standard InChI is InChI=1S/C60H39N7/c1-8-22-40(23-9-1)47-38-53-49(36-51(47)59-63-55(42-26-12-3-13-27-42)61-56(64-59)43-28-14-4-15-29-43)50-37-52(48(41-24-10-2-11-25-41)39-54(50)67(53)46-34-20-7-21-35-46)60-65-57(44-30-16-5-17-31-44)62-58(66-60)45-32-18-6-19-33-45/h1-39H. The van der Waals surface area contributed by atoms with Crippen molar-refractivity contribution < 1.29 is 0 Å². The van der Waals surface area contributed by atoms with Gasteiger partial charge in [-0.3, -0.25) is 0 Å². The summed E-state index contributed by atoms with van der Waals surface area (Å²) < 4.78 is 2.37. The number of hydrogen-bond donors (Lipinski definition) is 0. The lowest BCUT2D eigenvalue weighted by molar-refractivity contribution is 1.07. The lowest BCUT2D eigenvalue weighted by Crippen LogP contribution is -2.01. The Balaban J connectivity index is 1.20. The summed E-state index contributed by atoms with van der Waals surface area (Å²) in [5.74, 6) is 3.55. The van der Waals surface area contributed by atoms with E-state index in [0.29, 0.717) is 34.9 Å². The van der Waals surface area contributed by atoms with Crippen LogP contribution in [0.15, 0.2) is 237 Å². The van der Waals surface area contributed by atoms with E-state index in [0.717, 1.165) is 83.1 Å². The molecule has 0 radical (unpaired) electrons. The molecule has 0 bridgehead atoms. The molecule has 7 nitrogen and oxygen atoms in total. The van der Waals surface area contributed by atoms with Crippen LogP contribution in [-0.2, 0) is 0 Å². The van der Waals surface area contributed by atoms with Gasteiger partial charge in [0.05, 0.1) is 11.0 Å². The van der Waals surface area contributed by atoms with Crippen LogP contribution in [0.5, 0.6) is 0 Å². The highest BCUT2D eigenvalue weighted by atomic mass is 15.0. The van der Waals surface area contributed by atoms with Crippen molar-refractivity contribution in [2.45, 2.75) is 0 Å². The fourth-order valence-electron chi connectivity index (χ4n) is 8.90. The van der Waals surface area contributed by atoms with Crippen LogP contribution in [0.4, 0.5) is 0 Å². The predicted molar refractivity (Wildman–Crippen MR) is 271 cm³/mol. The smallest absolute Gasteiger partial charge is 0.164 e. The Morgan fingerprint density at radius 1 is 0.224 bits per heavy atom. The van der Waals surface area contributed by atoms with Crippen molar-refractivity contribution in [2.75, 3.05) is 0 Å². The normalized spacial score (nSPS) is 11.3. The van der Waals surface area contributed by atoms with Gasteiger partial charge < -0.3 is 4.57 Å². The van der Waals surface area contributed by atoms with E-state index in [2.05, 4.69) is 108 Å². The second-order valence-corrected chi connectivity index (χ2v) is 16.3. The van der Waals surface area contributed by atoms with Crippen molar-refractivity contribution in [3.05, 3.63) is 237 Å². The van der Waals surface area contributed by atoms with Crippen LogP contribution >= 0.6 is 0 Å². The molecule has 0 atom stereocenters. The molecular weight excluding hydrogens is 819 g/mol. The van der Waals surface area contributed by atoms with Crippen LogP contribution in [0, 0.1) is 0 Å². The van der Waals surface area contributed by atoms with E-state index >= 15 is 0 Å². The highest BCUT2D eigenvalue weighted by Gasteiger charge is 2.24. The number of para-hydroxylation sites is 1. The lowest BCUT2D eigenvalue weighted by atomic mass is 9.94. The number of benzene rings is 9. The average molecular weight is 858 g/mol. The van der Waals surface area contributed by atoms with Gasteiger partial charge in [-0.15, -0.1) is 0 Å². The molecule has 9 aromatic carbocycles. The molecule has 7 heteroatoms. The van der Waals surface area contributed by atoms with Gasteiger partial charge in [-0.2, -0.15) is 0 Å². The van der Waals surface area contributed by atoms with Gasteiger partial charge in [0.25, 0.3) is 0 Å². The Morgan fingerprint density at radius 3 is 0.776 bits per heavy atom. The first-order chi connectivity index (χ1) is 33.2. The molecular formula is C60H39N7. The van der Waals surface area contributed by atoms with Gasteiger partial charge in [0.15, 0.2) is 34.9 Å². The number of nitrogens with zero attached hydrogens (tertiary/aromatic N) is 7. The van der Waals surface area contributed by atoms with E-state index < -0.39 is 0 Å². The van der Waals surface area contributed by atoms with Crippen LogP contribution in [0.2, 0.25) is 0 Å². The molecule has 0 spiro atoms. The molecule has 0 amide bonds. The molecule has 314 valence electrons. The summed E-state index contributed by atoms with van der Waals surface area (Å²) in [4.78, 5) is 31.2. The van der Waals surface area contributed by atoms with Gasteiger partial charge in [-0.25, -0.2) is 29.9 Å². The molecule has 0 aliphatic heterocycles. The first-order valence-corrected chi connectivity index (χ1v) is 22.3. The topological polar surface area (TPSA) is 82.3 Å². The van der Waals surface area contributed by atoms with Gasteiger partial charge in [0.1, 0.15) is 0 Å². The molecule has 3 aromatic heterocycles. The molecule has 12 rings (SSSR count). The van der Waals surface area contributed by atoms with Crippen LogP contribution in [-0.4, -0.2) is 34.5 Å². The van der Waals surface area contributed by atoms with Crippen molar-refractivity contribution in [3.8, 4) is 96.3 Å².